The van der Waals surface area contributed by atoms with E-state index in [2.05, 4.69) is 25.5 Å². The van der Waals surface area contributed by atoms with Gasteiger partial charge in [0.1, 0.15) is 16.9 Å². The van der Waals surface area contributed by atoms with Crippen molar-refractivity contribution >= 4 is 22.2 Å². The number of nitrogens with zero attached hydrogens (tertiary/aromatic N) is 8. The molecule has 0 bridgehead atoms. The number of halogens is 1. The van der Waals surface area contributed by atoms with Crippen molar-refractivity contribution in [2.45, 2.75) is 18.4 Å². The van der Waals surface area contributed by atoms with Gasteiger partial charge in [0.25, 0.3) is 12.0 Å². The van der Waals surface area contributed by atoms with Crippen LogP contribution in [0, 0.1) is 6.08 Å². The minimum Gasteiger partial charge on any atom is -0.383 e. The van der Waals surface area contributed by atoms with E-state index in [1.165, 1.54) is 15.3 Å². The number of fused-ring (bicyclic) bond motifs is 6. The van der Waals surface area contributed by atoms with E-state index in [1.54, 1.807) is 16.7 Å². The van der Waals surface area contributed by atoms with Crippen molar-refractivity contribution in [1.29, 1.82) is 0 Å². The molecule has 1 fully saturated rings. The molecule has 1 aliphatic carbocycles. The van der Waals surface area contributed by atoms with Gasteiger partial charge in [0.15, 0.2) is 5.65 Å². The maximum absolute atomic E-state index is 14.3. The fourth-order valence-corrected chi connectivity index (χ4v) is 3.32. The molecule has 4 aromatic heterocycles. The van der Waals surface area contributed by atoms with Crippen molar-refractivity contribution in [3.05, 3.63) is 48.4 Å². The Morgan fingerprint density at radius 1 is 1.08 bits per heavy atom. The van der Waals surface area contributed by atoms with E-state index in [4.69, 9.17) is 0 Å². The van der Waals surface area contributed by atoms with Gasteiger partial charge >= 0.3 is 0 Å². The van der Waals surface area contributed by atoms with E-state index >= 15 is 0 Å². The number of imidazole rings is 1. The second kappa shape index (κ2) is 4.41. The Balaban J connectivity index is 1.72. The van der Waals surface area contributed by atoms with E-state index in [0.29, 0.717) is 41.3 Å². The molecule has 128 valence electrons. The van der Waals surface area contributed by atoms with Crippen LogP contribution in [0.5, 0.6) is 0 Å². The van der Waals surface area contributed by atoms with Crippen molar-refractivity contribution in [3.8, 4) is 5.95 Å². The van der Waals surface area contributed by atoms with Gasteiger partial charge in [-0.3, -0.25) is 4.40 Å². The van der Waals surface area contributed by atoms with E-state index in [1.807, 2.05) is 18.2 Å². The summed E-state index contributed by atoms with van der Waals surface area (Å²) < 4.78 is 18.9. The molecule has 0 aliphatic heterocycles. The second-order valence-electron chi connectivity index (χ2n) is 6.48. The Labute approximate surface area is 144 Å². The van der Waals surface area contributed by atoms with Gasteiger partial charge in [-0.1, -0.05) is 17.3 Å². The summed E-state index contributed by atoms with van der Waals surface area (Å²) in [6.07, 6.45) is 3.75. The molecule has 4 heterocycles. The molecule has 1 aliphatic rings. The van der Waals surface area contributed by atoms with Crippen LogP contribution >= 0.6 is 0 Å². The standard InChI is InChI=1S/C16H11FN8O/c17-14-18-7-12-24(14)10-4-2-1-3-9(10)13-20-21-15(25(12)13)23-8-11(19-22-23)16(26)5-6-16/h1-4,7-8,26H,5-6H2. The highest BCUT2D eigenvalue weighted by Crippen LogP contribution is 2.44. The molecule has 0 spiro atoms. The molecule has 9 nitrogen and oxygen atoms in total. The molecular formula is C16H11FN8O. The van der Waals surface area contributed by atoms with Gasteiger partial charge in [0, 0.05) is 5.39 Å². The van der Waals surface area contributed by atoms with E-state index in [9.17, 15) is 9.50 Å². The number of hydrogen-bond acceptors (Lipinski definition) is 6. The van der Waals surface area contributed by atoms with Crippen molar-refractivity contribution in [2.24, 2.45) is 0 Å². The summed E-state index contributed by atoms with van der Waals surface area (Å²) >= 11 is 0. The maximum Gasteiger partial charge on any atom is 0.295 e. The zero-order valence-electron chi connectivity index (χ0n) is 13.3. The molecule has 0 radical (unpaired) electrons. The summed E-state index contributed by atoms with van der Waals surface area (Å²) in [6, 6.07) is 7.34. The topological polar surface area (TPSA) is 98.4 Å². The van der Waals surface area contributed by atoms with Crippen LogP contribution in [0.25, 0.3) is 28.1 Å². The van der Waals surface area contributed by atoms with Gasteiger partial charge in [0.2, 0.25) is 0 Å². The summed E-state index contributed by atoms with van der Waals surface area (Å²) in [5, 5.41) is 27.6. The van der Waals surface area contributed by atoms with Crippen LogP contribution in [0.15, 0.2) is 36.7 Å². The van der Waals surface area contributed by atoms with Gasteiger partial charge in [-0.15, -0.1) is 15.3 Å². The molecule has 0 amide bonds. The van der Waals surface area contributed by atoms with Crippen LogP contribution in [0.3, 0.4) is 0 Å². The molecule has 0 saturated heterocycles. The molecule has 1 saturated carbocycles. The normalized spacial score (nSPS) is 16.1. The van der Waals surface area contributed by atoms with Gasteiger partial charge in [-0.05, 0) is 25.0 Å². The number of rotatable bonds is 2. The first-order valence-electron chi connectivity index (χ1n) is 8.10. The third-order valence-electron chi connectivity index (χ3n) is 4.86. The minimum atomic E-state index is -0.899. The quantitative estimate of drug-likeness (QED) is 0.514. The third-order valence-corrected chi connectivity index (χ3v) is 4.86. The average Bonchev–Trinajstić information content (AvgIpc) is 3.06. The predicted molar refractivity (Wildman–Crippen MR) is 87.2 cm³/mol. The molecule has 6 rings (SSSR count). The number of benzene rings is 1. The Bertz CT molecular complexity index is 1330. The van der Waals surface area contributed by atoms with Crippen LogP contribution < -0.4 is 0 Å². The highest BCUT2D eigenvalue weighted by atomic mass is 19.1. The van der Waals surface area contributed by atoms with Gasteiger partial charge < -0.3 is 5.11 Å². The van der Waals surface area contributed by atoms with Crippen LogP contribution in [0.1, 0.15) is 18.5 Å². The Kier molecular flexibility index (Phi) is 2.35. The van der Waals surface area contributed by atoms with E-state index < -0.39 is 11.7 Å². The lowest BCUT2D eigenvalue weighted by atomic mass is 10.2. The molecule has 0 atom stereocenters. The lowest BCUT2D eigenvalue weighted by Crippen LogP contribution is -2.06. The smallest absolute Gasteiger partial charge is 0.295 e. The highest BCUT2D eigenvalue weighted by Gasteiger charge is 2.45. The maximum atomic E-state index is 14.3. The van der Waals surface area contributed by atoms with Crippen molar-refractivity contribution < 1.29 is 9.50 Å². The predicted octanol–water partition coefficient (Wildman–Crippen LogP) is 1.23. The van der Waals surface area contributed by atoms with Crippen molar-refractivity contribution in [2.75, 3.05) is 0 Å². The lowest BCUT2D eigenvalue weighted by Gasteiger charge is -2.07. The summed E-state index contributed by atoms with van der Waals surface area (Å²) in [5.74, 6) is 0.346. The summed E-state index contributed by atoms with van der Waals surface area (Å²) in [5.41, 5.74) is 1.27. The van der Waals surface area contributed by atoms with Crippen LogP contribution in [0.4, 0.5) is 4.39 Å². The second-order valence-corrected chi connectivity index (χ2v) is 6.48. The highest BCUT2D eigenvalue weighted by molar-refractivity contribution is 5.94. The van der Waals surface area contributed by atoms with Crippen molar-refractivity contribution in [3.63, 3.8) is 0 Å². The molecule has 26 heavy (non-hydrogen) atoms. The SMILES string of the molecule is OC1(c2cn(-c3nnc4c5ccccc5n5c(F)ncc5n34)nn2)CC1. The summed E-state index contributed by atoms with van der Waals surface area (Å²) in [4.78, 5) is 3.80. The first kappa shape index (κ1) is 13.8. The lowest BCUT2D eigenvalue weighted by molar-refractivity contribution is 0.146. The van der Waals surface area contributed by atoms with Gasteiger partial charge in [0.05, 0.1) is 17.9 Å². The minimum absolute atomic E-state index is 0.346. The summed E-state index contributed by atoms with van der Waals surface area (Å²) in [7, 11) is 0. The molecule has 10 heteroatoms. The van der Waals surface area contributed by atoms with Gasteiger partial charge in [-0.2, -0.15) is 9.07 Å². The van der Waals surface area contributed by atoms with E-state index in [0.717, 1.165) is 5.39 Å². The molecule has 1 aromatic carbocycles. The fraction of sp³-hybridized carbons (Fsp3) is 0.188. The Morgan fingerprint density at radius 3 is 2.77 bits per heavy atom. The van der Waals surface area contributed by atoms with E-state index in [-0.39, 0.29) is 0 Å². The van der Waals surface area contributed by atoms with Crippen LogP contribution in [-0.2, 0) is 5.60 Å². The zero-order valence-corrected chi connectivity index (χ0v) is 13.3. The molecule has 0 unspecified atom stereocenters. The van der Waals surface area contributed by atoms with Crippen LogP contribution in [-0.4, -0.2) is 44.1 Å². The molecule has 5 aromatic rings. The molecular weight excluding hydrogens is 339 g/mol. The number of hydrogen-bond donors (Lipinski definition) is 1. The monoisotopic (exact) mass is 350 g/mol. The summed E-state index contributed by atoms with van der Waals surface area (Å²) in [6.45, 7) is 0. The largest absolute Gasteiger partial charge is 0.383 e. The van der Waals surface area contributed by atoms with Crippen LogP contribution in [0.2, 0.25) is 0 Å². The number of para-hydroxylation sites is 1. The molecule has 1 N–H and O–H groups in total. The van der Waals surface area contributed by atoms with Crippen molar-refractivity contribution in [1.82, 2.24) is 39.0 Å². The van der Waals surface area contributed by atoms with Gasteiger partial charge in [-0.25, -0.2) is 9.38 Å². The first-order chi connectivity index (χ1) is 12.7. The average molecular weight is 350 g/mol. The Morgan fingerprint density at radius 2 is 1.92 bits per heavy atom. The third kappa shape index (κ3) is 1.63. The first-order valence-corrected chi connectivity index (χ1v) is 8.10. The number of aliphatic hydroxyl groups is 1. The zero-order chi connectivity index (χ0) is 17.5. The fourth-order valence-electron chi connectivity index (χ4n) is 3.32. The Hall–Kier alpha value is -3.40. The number of aromatic nitrogens is 8.